The fraction of sp³-hybridized carbons (Fsp3) is 0.308. The Kier molecular flexibility index (Phi) is 5.64. The molecule has 2 aromatic carbocycles. The summed E-state index contributed by atoms with van der Waals surface area (Å²) in [4.78, 5) is 9.39. The standard InChI is InChI=1S/C26H28N4O2/c27-25-24-23(19-11-9-18(10-12-19)22-4-2-1-3-21(22)16-32)29-26(30(24)14-13-28-25)20-7-5-17(15-31)6-8-20/h1-4,9-14,17,20,31-32H,5-8,15-16H2,(H2,27,28). The second kappa shape index (κ2) is 8.73. The summed E-state index contributed by atoms with van der Waals surface area (Å²) in [6, 6.07) is 16.1. The van der Waals surface area contributed by atoms with E-state index in [-0.39, 0.29) is 13.2 Å². The molecule has 0 aliphatic heterocycles. The Morgan fingerprint density at radius 3 is 2.38 bits per heavy atom. The number of aliphatic hydroxyl groups excluding tert-OH is 2. The monoisotopic (exact) mass is 428 g/mol. The fourth-order valence-corrected chi connectivity index (χ4v) is 4.93. The Hall–Kier alpha value is -3.22. The van der Waals surface area contributed by atoms with Gasteiger partial charge >= 0.3 is 0 Å². The van der Waals surface area contributed by atoms with Gasteiger partial charge in [0, 0.05) is 30.5 Å². The van der Waals surface area contributed by atoms with Crippen LogP contribution in [0.15, 0.2) is 60.9 Å². The van der Waals surface area contributed by atoms with Crippen LogP contribution in [0.5, 0.6) is 0 Å². The third kappa shape index (κ3) is 3.66. The lowest BCUT2D eigenvalue weighted by molar-refractivity contribution is 0.181. The largest absolute Gasteiger partial charge is 0.396 e. The van der Waals surface area contributed by atoms with Gasteiger partial charge in [0.05, 0.1) is 6.61 Å². The van der Waals surface area contributed by atoms with Crippen LogP contribution >= 0.6 is 0 Å². The summed E-state index contributed by atoms with van der Waals surface area (Å²) in [5.41, 5.74) is 12.0. The maximum Gasteiger partial charge on any atom is 0.150 e. The highest BCUT2D eigenvalue weighted by atomic mass is 16.3. The molecule has 2 aromatic heterocycles. The number of imidazole rings is 1. The highest BCUT2D eigenvalue weighted by molar-refractivity contribution is 5.86. The van der Waals surface area contributed by atoms with Gasteiger partial charge in [0.25, 0.3) is 0 Å². The quantitative estimate of drug-likeness (QED) is 0.438. The van der Waals surface area contributed by atoms with E-state index in [4.69, 9.17) is 10.7 Å². The summed E-state index contributed by atoms with van der Waals surface area (Å²) in [5, 5.41) is 19.2. The molecule has 0 saturated heterocycles. The number of rotatable bonds is 5. The molecule has 1 saturated carbocycles. The van der Waals surface area contributed by atoms with Crippen LogP contribution in [0.4, 0.5) is 5.82 Å². The number of hydrogen-bond donors (Lipinski definition) is 3. The molecular formula is C26H28N4O2. The lowest BCUT2D eigenvalue weighted by Gasteiger charge is -2.26. The molecule has 0 spiro atoms. The van der Waals surface area contributed by atoms with E-state index in [1.807, 2.05) is 30.5 Å². The number of benzene rings is 2. The SMILES string of the molecule is Nc1nccn2c(C3CCC(CO)CC3)nc(-c3ccc(-c4ccccc4CO)cc3)c12. The third-order valence-corrected chi connectivity index (χ3v) is 6.74. The molecule has 6 nitrogen and oxygen atoms in total. The van der Waals surface area contributed by atoms with Crippen molar-refractivity contribution in [2.24, 2.45) is 5.92 Å². The average Bonchev–Trinajstić information content (AvgIpc) is 3.25. The Morgan fingerprint density at radius 1 is 0.938 bits per heavy atom. The lowest BCUT2D eigenvalue weighted by Crippen LogP contribution is -2.17. The number of anilines is 1. The van der Waals surface area contributed by atoms with Gasteiger partial charge in [0.2, 0.25) is 0 Å². The summed E-state index contributed by atoms with van der Waals surface area (Å²) >= 11 is 0. The van der Waals surface area contributed by atoms with Crippen molar-refractivity contribution in [3.05, 3.63) is 72.3 Å². The smallest absolute Gasteiger partial charge is 0.150 e. The Balaban J connectivity index is 1.54. The topological polar surface area (TPSA) is 96.7 Å². The van der Waals surface area contributed by atoms with Crippen LogP contribution in [-0.2, 0) is 6.61 Å². The zero-order valence-corrected chi connectivity index (χ0v) is 18.0. The zero-order valence-electron chi connectivity index (χ0n) is 18.0. The van der Waals surface area contributed by atoms with Gasteiger partial charge in [0.1, 0.15) is 22.9 Å². The molecule has 0 atom stereocenters. The molecule has 1 aliphatic carbocycles. The van der Waals surface area contributed by atoms with E-state index in [9.17, 15) is 10.2 Å². The summed E-state index contributed by atoms with van der Waals surface area (Å²) in [6.07, 6.45) is 7.74. The minimum absolute atomic E-state index is 0.00764. The first-order chi connectivity index (χ1) is 15.7. The number of hydrogen-bond acceptors (Lipinski definition) is 5. The van der Waals surface area contributed by atoms with Gasteiger partial charge in [-0.15, -0.1) is 0 Å². The van der Waals surface area contributed by atoms with Gasteiger partial charge < -0.3 is 15.9 Å². The van der Waals surface area contributed by atoms with E-state index in [1.165, 1.54) is 0 Å². The zero-order chi connectivity index (χ0) is 22.1. The van der Waals surface area contributed by atoms with Crippen molar-refractivity contribution < 1.29 is 10.2 Å². The van der Waals surface area contributed by atoms with Crippen molar-refractivity contribution in [3.63, 3.8) is 0 Å². The number of aliphatic hydroxyl groups is 2. The molecule has 1 fully saturated rings. The molecule has 6 heteroatoms. The van der Waals surface area contributed by atoms with E-state index in [2.05, 4.69) is 33.7 Å². The second-order valence-electron chi connectivity index (χ2n) is 8.64. The summed E-state index contributed by atoms with van der Waals surface area (Å²) in [6.45, 7) is 0.274. The first kappa shape index (κ1) is 20.7. The number of nitrogen functional groups attached to an aromatic ring is 1. The summed E-state index contributed by atoms with van der Waals surface area (Å²) in [5.74, 6) is 2.24. The maximum absolute atomic E-state index is 9.67. The average molecular weight is 429 g/mol. The molecule has 0 unspecified atom stereocenters. The van der Waals surface area contributed by atoms with Crippen LogP contribution < -0.4 is 5.73 Å². The van der Waals surface area contributed by atoms with E-state index in [1.54, 1.807) is 6.20 Å². The number of nitrogens with two attached hydrogens (primary N) is 1. The van der Waals surface area contributed by atoms with Crippen LogP contribution in [0.25, 0.3) is 27.9 Å². The first-order valence-electron chi connectivity index (χ1n) is 11.2. The normalized spacial score (nSPS) is 18.8. The summed E-state index contributed by atoms with van der Waals surface area (Å²) in [7, 11) is 0. The van der Waals surface area contributed by atoms with Gasteiger partial charge in [-0.05, 0) is 48.3 Å². The van der Waals surface area contributed by atoms with Crippen LogP contribution in [0.1, 0.15) is 43.0 Å². The molecule has 5 rings (SSSR count). The third-order valence-electron chi connectivity index (χ3n) is 6.74. The summed E-state index contributed by atoms with van der Waals surface area (Å²) < 4.78 is 2.09. The van der Waals surface area contributed by atoms with E-state index < -0.39 is 0 Å². The van der Waals surface area contributed by atoms with Crippen molar-refractivity contribution in [1.82, 2.24) is 14.4 Å². The minimum atomic E-state index is 0.00764. The second-order valence-corrected chi connectivity index (χ2v) is 8.64. The van der Waals surface area contributed by atoms with Crippen LogP contribution in [0.3, 0.4) is 0 Å². The maximum atomic E-state index is 9.67. The van der Waals surface area contributed by atoms with Gasteiger partial charge in [0.15, 0.2) is 0 Å². The molecule has 32 heavy (non-hydrogen) atoms. The first-order valence-corrected chi connectivity index (χ1v) is 11.2. The van der Waals surface area contributed by atoms with Crippen molar-refractivity contribution in [1.29, 1.82) is 0 Å². The highest BCUT2D eigenvalue weighted by Gasteiger charge is 2.27. The molecule has 0 radical (unpaired) electrons. The van der Waals surface area contributed by atoms with Crippen LogP contribution in [-0.4, -0.2) is 31.2 Å². The minimum Gasteiger partial charge on any atom is -0.396 e. The lowest BCUT2D eigenvalue weighted by atomic mass is 9.82. The van der Waals surface area contributed by atoms with E-state index in [0.717, 1.165) is 65.0 Å². The molecule has 1 aliphatic rings. The van der Waals surface area contributed by atoms with Crippen molar-refractivity contribution in [3.8, 4) is 22.4 Å². The van der Waals surface area contributed by atoms with Gasteiger partial charge in [-0.2, -0.15) is 0 Å². The number of nitrogens with zero attached hydrogens (tertiary/aromatic N) is 3. The molecule has 2 heterocycles. The molecule has 0 bridgehead atoms. The van der Waals surface area contributed by atoms with E-state index in [0.29, 0.717) is 17.7 Å². The van der Waals surface area contributed by atoms with Crippen molar-refractivity contribution in [2.45, 2.75) is 38.2 Å². The number of fused-ring (bicyclic) bond motifs is 1. The predicted molar refractivity (Wildman–Crippen MR) is 126 cm³/mol. The molecule has 0 amide bonds. The Labute approximate surface area is 187 Å². The van der Waals surface area contributed by atoms with Crippen LogP contribution in [0.2, 0.25) is 0 Å². The van der Waals surface area contributed by atoms with Gasteiger partial charge in [-0.3, -0.25) is 4.40 Å². The fourth-order valence-electron chi connectivity index (χ4n) is 4.93. The van der Waals surface area contributed by atoms with Crippen molar-refractivity contribution >= 4 is 11.3 Å². The number of aromatic nitrogens is 3. The van der Waals surface area contributed by atoms with Crippen molar-refractivity contribution in [2.75, 3.05) is 12.3 Å². The molecule has 164 valence electrons. The molecule has 4 aromatic rings. The predicted octanol–water partition coefficient (Wildman–Crippen LogP) is 4.40. The highest BCUT2D eigenvalue weighted by Crippen LogP contribution is 2.38. The van der Waals surface area contributed by atoms with E-state index >= 15 is 0 Å². The Bertz CT molecular complexity index is 1220. The molecular weight excluding hydrogens is 400 g/mol. The molecule has 4 N–H and O–H groups in total. The van der Waals surface area contributed by atoms with Crippen LogP contribution in [0, 0.1) is 5.92 Å². The Morgan fingerprint density at radius 2 is 1.66 bits per heavy atom. The van der Waals surface area contributed by atoms with Gasteiger partial charge in [-0.1, -0.05) is 48.5 Å². The van der Waals surface area contributed by atoms with Gasteiger partial charge in [-0.25, -0.2) is 9.97 Å².